The summed E-state index contributed by atoms with van der Waals surface area (Å²) in [5, 5.41) is 3.49. The second-order valence-electron chi connectivity index (χ2n) is 4.77. The lowest BCUT2D eigenvalue weighted by atomic mass is 9.93. The van der Waals surface area contributed by atoms with Crippen LogP contribution in [0.2, 0.25) is 0 Å². The van der Waals surface area contributed by atoms with E-state index in [4.69, 9.17) is 0 Å². The molecule has 14 heavy (non-hydrogen) atoms. The van der Waals surface area contributed by atoms with Gasteiger partial charge in [0.05, 0.1) is 0 Å². The van der Waals surface area contributed by atoms with Gasteiger partial charge in [-0.2, -0.15) is 0 Å². The normalized spacial score (nSPS) is 34.6. The minimum atomic E-state index is 0.683. The van der Waals surface area contributed by atoms with E-state index in [1.54, 1.807) is 0 Å². The largest absolute Gasteiger partial charge is 0.312 e. The molecule has 2 nitrogen and oxygen atoms in total. The number of hydrogen-bond donors (Lipinski definition) is 1. The first-order valence-electron chi connectivity index (χ1n) is 5.95. The first kappa shape index (κ1) is 10.2. The fraction of sp³-hybridized carbons (Fsp3) is 0.833. The predicted molar refractivity (Wildman–Crippen MR) is 60.4 cm³/mol. The molecule has 0 bridgehead atoms. The van der Waals surface area contributed by atoms with E-state index in [0.29, 0.717) is 6.04 Å². The van der Waals surface area contributed by atoms with E-state index >= 15 is 0 Å². The van der Waals surface area contributed by atoms with Gasteiger partial charge in [0.1, 0.15) is 0 Å². The van der Waals surface area contributed by atoms with Crippen LogP contribution >= 0.6 is 0 Å². The molecule has 0 aromatic carbocycles. The molecule has 2 unspecified atom stereocenters. The van der Waals surface area contributed by atoms with E-state index in [1.165, 1.54) is 45.4 Å². The molecule has 2 aliphatic rings. The summed E-state index contributed by atoms with van der Waals surface area (Å²) in [6.07, 6.45) is 8.69. The van der Waals surface area contributed by atoms with Gasteiger partial charge in [0, 0.05) is 32.2 Å². The minimum absolute atomic E-state index is 0.683. The Hall–Kier alpha value is -0.340. The van der Waals surface area contributed by atoms with E-state index in [1.807, 2.05) is 0 Å². The Bertz CT molecular complexity index is 200. The SMILES string of the molecule is CC1CN(CC2CC=CCC2)CCN1. The van der Waals surface area contributed by atoms with E-state index in [2.05, 4.69) is 29.3 Å². The Morgan fingerprint density at radius 2 is 2.36 bits per heavy atom. The molecule has 1 N–H and O–H groups in total. The Kier molecular flexibility index (Phi) is 3.60. The van der Waals surface area contributed by atoms with Gasteiger partial charge in [-0.15, -0.1) is 0 Å². The molecular weight excluding hydrogens is 172 g/mol. The molecule has 1 fully saturated rings. The lowest BCUT2D eigenvalue weighted by Crippen LogP contribution is -2.50. The van der Waals surface area contributed by atoms with Crippen LogP contribution in [-0.2, 0) is 0 Å². The molecule has 80 valence electrons. The van der Waals surface area contributed by atoms with E-state index in [-0.39, 0.29) is 0 Å². The molecule has 0 spiro atoms. The van der Waals surface area contributed by atoms with Crippen LogP contribution in [0.25, 0.3) is 0 Å². The molecular formula is C12H22N2. The average molecular weight is 194 g/mol. The topological polar surface area (TPSA) is 15.3 Å². The fourth-order valence-corrected chi connectivity index (χ4v) is 2.57. The van der Waals surface area contributed by atoms with Crippen molar-refractivity contribution in [3.05, 3.63) is 12.2 Å². The summed E-state index contributed by atoms with van der Waals surface area (Å²) < 4.78 is 0. The van der Waals surface area contributed by atoms with Crippen molar-refractivity contribution in [1.82, 2.24) is 10.2 Å². The molecule has 1 aliphatic carbocycles. The monoisotopic (exact) mass is 194 g/mol. The Labute approximate surface area is 87.4 Å². The molecule has 2 heteroatoms. The number of nitrogens with zero attached hydrogens (tertiary/aromatic N) is 1. The number of rotatable bonds is 2. The van der Waals surface area contributed by atoms with Crippen molar-refractivity contribution in [2.45, 2.75) is 32.2 Å². The molecule has 1 heterocycles. The Morgan fingerprint density at radius 3 is 3.07 bits per heavy atom. The van der Waals surface area contributed by atoms with Crippen LogP contribution in [0, 0.1) is 5.92 Å². The minimum Gasteiger partial charge on any atom is -0.312 e. The predicted octanol–water partition coefficient (Wildman–Crippen LogP) is 1.64. The van der Waals surface area contributed by atoms with Crippen molar-refractivity contribution in [2.24, 2.45) is 5.92 Å². The summed E-state index contributed by atoms with van der Waals surface area (Å²) in [7, 11) is 0. The lowest BCUT2D eigenvalue weighted by Gasteiger charge is -2.34. The van der Waals surface area contributed by atoms with Gasteiger partial charge in [-0.3, -0.25) is 0 Å². The van der Waals surface area contributed by atoms with Crippen LogP contribution in [0.1, 0.15) is 26.2 Å². The van der Waals surface area contributed by atoms with Gasteiger partial charge in [0.15, 0.2) is 0 Å². The van der Waals surface area contributed by atoms with E-state index in [9.17, 15) is 0 Å². The van der Waals surface area contributed by atoms with E-state index in [0.717, 1.165) is 5.92 Å². The van der Waals surface area contributed by atoms with Gasteiger partial charge in [-0.1, -0.05) is 12.2 Å². The van der Waals surface area contributed by atoms with Crippen molar-refractivity contribution < 1.29 is 0 Å². The van der Waals surface area contributed by atoms with Crippen LogP contribution in [0.15, 0.2) is 12.2 Å². The van der Waals surface area contributed by atoms with Crippen molar-refractivity contribution in [1.29, 1.82) is 0 Å². The lowest BCUT2D eigenvalue weighted by molar-refractivity contribution is 0.174. The molecule has 0 saturated carbocycles. The third-order valence-corrected chi connectivity index (χ3v) is 3.35. The zero-order valence-electron chi connectivity index (χ0n) is 9.21. The third kappa shape index (κ3) is 2.82. The summed E-state index contributed by atoms with van der Waals surface area (Å²) in [5.74, 6) is 0.922. The van der Waals surface area contributed by atoms with Crippen LogP contribution in [0.4, 0.5) is 0 Å². The van der Waals surface area contributed by atoms with Gasteiger partial charge in [0.2, 0.25) is 0 Å². The standard InChI is InChI=1S/C12H22N2/c1-11-9-14(8-7-13-11)10-12-5-3-2-4-6-12/h2-3,11-13H,4-10H2,1H3. The van der Waals surface area contributed by atoms with E-state index < -0.39 is 0 Å². The van der Waals surface area contributed by atoms with Crippen molar-refractivity contribution in [2.75, 3.05) is 26.2 Å². The molecule has 2 rings (SSSR count). The summed E-state index contributed by atoms with van der Waals surface area (Å²) in [4.78, 5) is 2.63. The highest BCUT2D eigenvalue weighted by Crippen LogP contribution is 2.19. The average Bonchev–Trinajstić information content (AvgIpc) is 2.19. The van der Waals surface area contributed by atoms with Crippen LogP contribution in [-0.4, -0.2) is 37.1 Å². The van der Waals surface area contributed by atoms with Gasteiger partial charge >= 0.3 is 0 Å². The maximum absolute atomic E-state index is 3.49. The molecule has 0 aromatic rings. The maximum Gasteiger partial charge on any atom is 0.0167 e. The Morgan fingerprint density at radius 1 is 1.43 bits per heavy atom. The van der Waals surface area contributed by atoms with Crippen LogP contribution in [0.3, 0.4) is 0 Å². The quantitative estimate of drug-likeness (QED) is 0.672. The first-order valence-corrected chi connectivity index (χ1v) is 5.95. The van der Waals surface area contributed by atoms with Gasteiger partial charge < -0.3 is 10.2 Å². The third-order valence-electron chi connectivity index (χ3n) is 3.35. The number of piperazine rings is 1. The summed E-state index contributed by atoms with van der Waals surface area (Å²) >= 11 is 0. The Balaban J connectivity index is 1.75. The van der Waals surface area contributed by atoms with Crippen molar-refractivity contribution in [3.8, 4) is 0 Å². The van der Waals surface area contributed by atoms with Gasteiger partial charge in [-0.05, 0) is 32.1 Å². The fourth-order valence-electron chi connectivity index (χ4n) is 2.57. The maximum atomic E-state index is 3.49. The van der Waals surface area contributed by atoms with Crippen molar-refractivity contribution >= 4 is 0 Å². The summed E-state index contributed by atoms with van der Waals surface area (Å²) in [6, 6.07) is 0.683. The molecule has 1 aliphatic heterocycles. The van der Waals surface area contributed by atoms with Crippen LogP contribution < -0.4 is 5.32 Å². The first-order chi connectivity index (χ1) is 6.84. The zero-order chi connectivity index (χ0) is 9.80. The van der Waals surface area contributed by atoms with Gasteiger partial charge in [-0.25, -0.2) is 0 Å². The highest BCUT2D eigenvalue weighted by molar-refractivity contribution is 4.91. The van der Waals surface area contributed by atoms with Gasteiger partial charge in [0.25, 0.3) is 0 Å². The smallest absolute Gasteiger partial charge is 0.0167 e. The number of hydrogen-bond acceptors (Lipinski definition) is 2. The molecule has 2 atom stereocenters. The molecule has 0 aromatic heterocycles. The molecule has 0 amide bonds. The highest BCUT2D eigenvalue weighted by Gasteiger charge is 2.19. The summed E-state index contributed by atoms with van der Waals surface area (Å²) in [6.45, 7) is 7.25. The second kappa shape index (κ2) is 4.94. The van der Waals surface area contributed by atoms with Crippen molar-refractivity contribution in [3.63, 3.8) is 0 Å². The summed E-state index contributed by atoms with van der Waals surface area (Å²) in [5.41, 5.74) is 0. The molecule has 0 radical (unpaired) electrons. The number of nitrogens with one attached hydrogen (secondary N) is 1. The zero-order valence-corrected chi connectivity index (χ0v) is 9.21. The second-order valence-corrected chi connectivity index (χ2v) is 4.77. The van der Waals surface area contributed by atoms with Crippen LogP contribution in [0.5, 0.6) is 0 Å². The number of allylic oxidation sites excluding steroid dienone is 2. The highest BCUT2D eigenvalue weighted by atomic mass is 15.2. The molecule has 1 saturated heterocycles.